The van der Waals surface area contributed by atoms with E-state index in [9.17, 15) is 0 Å². The molecule has 1 aromatic rings. The van der Waals surface area contributed by atoms with Gasteiger partial charge in [-0.15, -0.1) is 0 Å². The van der Waals surface area contributed by atoms with E-state index in [0.29, 0.717) is 18.5 Å². The average Bonchev–Trinajstić information content (AvgIpc) is 2.35. The molecule has 1 rings (SSSR count). The van der Waals surface area contributed by atoms with Gasteiger partial charge < -0.3 is 4.52 Å². The van der Waals surface area contributed by atoms with Gasteiger partial charge >= 0.3 is 6.01 Å². The highest BCUT2D eigenvalue weighted by Gasteiger charge is 2.07. The second-order valence-corrected chi connectivity index (χ2v) is 2.77. The molecule has 0 atom stereocenters. The lowest BCUT2D eigenvalue weighted by atomic mass is 10.2. The normalized spacial score (nSPS) is 10.5. The number of rotatable bonds is 3. The van der Waals surface area contributed by atoms with Crippen LogP contribution < -0.4 is 10.9 Å². The van der Waals surface area contributed by atoms with Crippen molar-refractivity contribution in [2.24, 2.45) is 11.8 Å². The second-order valence-electron chi connectivity index (χ2n) is 2.77. The molecule has 0 aromatic carbocycles. The first-order chi connectivity index (χ1) is 5.20. The van der Waals surface area contributed by atoms with Crippen LogP contribution in [0.15, 0.2) is 10.9 Å². The van der Waals surface area contributed by atoms with Crippen LogP contribution in [0, 0.1) is 5.92 Å². The highest BCUT2D eigenvalue weighted by atomic mass is 16.5. The molecule has 1 heterocycles. The number of hydrogen-bond acceptors (Lipinski definition) is 5. The quantitative estimate of drug-likeness (QED) is 0.507. The van der Waals surface area contributed by atoms with E-state index < -0.39 is 0 Å². The molecule has 62 valence electrons. The number of nitrogens with zero attached hydrogens (tertiary/aromatic N) is 3. The Hall–Kier alpha value is -1.10. The predicted octanol–water partition coefficient (Wildman–Crippen LogP) is 0.406. The van der Waals surface area contributed by atoms with E-state index in [4.69, 9.17) is 10.4 Å². The van der Waals surface area contributed by atoms with Crippen LogP contribution in [0.5, 0.6) is 0 Å². The minimum atomic E-state index is 0.360. The van der Waals surface area contributed by atoms with Gasteiger partial charge in [-0.3, -0.25) is 5.01 Å². The zero-order valence-electron chi connectivity index (χ0n) is 6.69. The maximum atomic E-state index is 5.58. The van der Waals surface area contributed by atoms with E-state index in [-0.39, 0.29) is 0 Å². The Kier molecular flexibility index (Phi) is 2.43. The third-order valence-electron chi connectivity index (χ3n) is 1.16. The lowest BCUT2D eigenvalue weighted by Crippen LogP contribution is -2.34. The summed E-state index contributed by atoms with van der Waals surface area (Å²) in [6.45, 7) is 4.84. The third kappa shape index (κ3) is 2.19. The molecule has 0 aliphatic rings. The van der Waals surface area contributed by atoms with E-state index in [1.165, 1.54) is 11.3 Å². The fourth-order valence-corrected chi connectivity index (χ4v) is 0.765. The molecule has 0 radical (unpaired) electrons. The smallest absolute Gasteiger partial charge is 0.314 e. The van der Waals surface area contributed by atoms with E-state index in [0.717, 1.165) is 0 Å². The van der Waals surface area contributed by atoms with Crippen molar-refractivity contribution < 1.29 is 4.52 Å². The monoisotopic (exact) mass is 156 g/mol. The summed E-state index contributed by atoms with van der Waals surface area (Å²) in [5.74, 6) is 6.06. The summed E-state index contributed by atoms with van der Waals surface area (Å²) >= 11 is 0. The number of nitrogens with two attached hydrogens (primary N) is 1. The summed E-state index contributed by atoms with van der Waals surface area (Å²) in [4.78, 5) is 3.79. The summed E-state index contributed by atoms with van der Waals surface area (Å²) in [5, 5.41) is 4.88. The van der Waals surface area contributed by atoms with Crippen molar-refractivity contribution in [1.29, 1.82) is 0 Å². The molecular formula is C6H12N4O. The number of hydrogen-bond donors (Lipinski definition) is 1. The van der Waals surface area contributed by atoms with E-state index in [1.54, 1.807) is 0 Å². The van der Waals surface area contributed by atoms with Gasteiger partial charge in [-0.2, -0.15) is 4.98 Å². The number of hydrazine groups is 1. The highest BCUT2D eigenvalue weighted by molar-refractivity contribution is 5.19. The summed E-state index contributed by atoms with van der Waals surface area (Å²) < 4.78 is 4.74. The minimum absolute atomic E-state index is 0.360. The SMILES string of the molecule is CC(C)CN(N)c1ncno1. The van der Waals surface area contributed by atoms with Gasteiger partial charge in [0.05, 0.1) is 0 Å². The van der Waals surface area contributed by atoms with E-state index in [2.05, 4.69) is 24.0 Å². The molecule has 11 heavy (non-hydrogen) atoms. The summed E-state index contributed by atoms with van der Waals surface area (Å²) in [7, 11) is 0. The van der Waals surface area contributed by atoms with Crippen LogP contribution in [0.4, 0.5) is 6.01 Å². The third-order valence-corrected chi connectivity index (χ3v) is 1.16. The molecule has 0 amide bonds. The van der Waals surface area contributed by atoms with Gasteiger partial charge in [-0.25, -0.2) is 5.84 Å². The summed E-state index contributed by atoms with van der Waals surface area (Å²) in [5.41, 5.74) is 0. The molecule has 0 bridgehead atoms. The summed E-state index contributed by atoms with van der Waals surface area (Å²) in [6.07, 6.45) is 1.33. The molecule has 5 nitrogen and oxygen atoms in total. The van der Waals surface area contributed by atoms with Crippen molar-refractivity contribution in [2.45, 2.75) is 13.8 Å². The highest BCUT2D eigenvalue weighted by Crippen LogP contribution is 2.05. The fourth-order valence-electron chi connectivity index (χ4n) is 0.765. The second kappa shape index (κ2) is 3.34. The zero-order chi connectivity index (χ0) is 8.27. The lowest BCUT2D eigenvalue weighted by molar-refractivity contribution is 0.407. The van der Waals surface area contributed by atoms with Crippen LogP contribution in [0.3, 0.4) is 0 Å². The van der Waals surface area contributed by atoms with Crippen LogP contribution in [-0.4, -0.2) is 16.7 Å². The first kappa shape index (κ1) is 8.00. The molecule has 0 aliphatic heterocycles. The number of anilines is 1. The first-order valence-corrected chi connectivity index (χ1v) is 3.49. The van der Waals surface area contributed by atoms with Crippen molar-refractivity contribution in [1.82, 2.24) is 10.1 Å². The Bertz CT molecular complexity index is 196. The molecule has 5 heteroatoms. The molecule has 0 saturated carbocycles. The largest absolute Gasteiger partial charge is 0.337 e. The number of aromatic nitrogens is 2. The fraction of sp³-hybridized carbons (Fsp3) is 0.667. The van der Waals surface area contributed by atoms with Crippen LogP contribution in [0.1, 0.15) is 13.8 Å². The van der Waals surface area contributed by atoms with Crippen LogP contribution in [0.25, 0.3) is 0 Å². The van der Waals surface area contributed by atoms with Gasteiger partial charge in [0, 0.05) is 6.54 Å². The van der Waals surface area contributed by atoms with Crippen molar-refractivity contribution >= 4 is 6.01 Å². The zero-order valence-corrected chi connectivity index (χ0v) is 6.69. The van der Waals surface area contributed by atoms with Crippen molar-refractivity contribution in [3.8, 4) is 0 Å². The Morgan fingerprint density at radius 1 is 1.73 bits per heavy atom. The molecule has 0 aliphatic carbocycles. The maximum Gasteiger partial charge on any atom is 0.337 e. The molecule has 1 aromatic heterocycles. The van der Waals surface area contributed by atoms with Crippen LogP contribution >= 0.6 is 0 Å². The summed E-state index contributed by atoms with van der Waals surface area (Å²) in [6, 6.07) is 0.360. The van der Waals surface area contributed by atoms with Crippen molar-refractivity contribution in [3.05, 3.63) is 6.33 Å². The van der Waals surface area contributed by atoms with Crippen molar-refractivity contribution in [3.63, 3.8) is 0 Å². The van der Waals surface area contributed by atoms with Crippen LogP contribution in [-0.2, 0) is 0 Å². The van der Waals surface area contributed by atoms with Gasteiger partial charge in [0.2, 0.25) is 0 Å². The topological polar surface area (TPSA) is 68.2 Å². The Balaban J connectivity index is 2.49. The van der Waals surface area contributed by atoms with Gasteiger partial charge in [-0.05, 0) is 5.92 Å². The Morgan fingerprint density at radius 3 is 2.91 bits per heavy atom. The first-order valence-electron chi connectivity index (χ1n) is 3.49. The predicted molar refractivity (Wildman–Crippen MR) is 40.7 cm³/mol. The molecule has 2 N–H and O–H groups in total. The Morgan fingerprint density at radius 2 is 2.45 bits per heavy atom. The van der Waals surface area contributed by atoms with Gasteiger partial charge in [-0.1, -0.05) is 19.0 Å². The van der Waals surface area contributed by atoms with E-state index in [1.807, 2.05) is 0 Å². The molecule has 0 spiro atoms. The van der Waals surface area contributed by atoms with Gasteiger partial charge in [0.1, 0.15) is 0 Å². The Labute approximate surface area is 65.1 Å². The van der Waals surface area contributed by atoms with Gasteiger partial charge in [0.15, 0.2) is 6.33 Å². The average molecular weight is 156 g/mol. The molecular weight excluding hydrogens is 144 g/mol. The van der Waals surface area contributed by atoms with E-state index >= 15 is 0 Å². The van der Waals surface area contributed by atoms with Crippen LogP contribution in [0.2, 0.25) is 0 Å². The molecule has 0 saturated heterocycles. The molecule has 0 unspecified atom stereocenters. The standard InChI is InChI=1S/C6H12N4O/c1-5(2)3-10(7)6-8-4-9-11-6/h4-5H,3,7H2,1-2H3. The maximum absolute atomic E-state index is 5.58. The lowest BCUT2D eigenvalue weighted by Gasteiger charge is -2.14. The van der Waals surface area contributed by atoms with Crippen molar-refractivity contribution in [2.75, 3.05) is 11.6 Å². The minimum Gasteiger partial charge on any atom is -0.314 e. The molecule has 0 fully saturated rings. The van der Waals surface area contributed by atoms with Gasteiger partial charge in [0.25, 0.3) is 0 Å².